The van der Waals surface area contributed by atoms with Gasteiger partial charge < -0.3 is 10.2 Å². The Bertz CT molecular complexity index is 1190. The molecule has 0 saturated carbocycles. The van der Waals surface area contributed by atoms with Crippen LogP contribution < -0.4 is 5.32 Å². The summed E-state index contributed by atoms with van der Waals surface area (Å²) in [5.41, 5.74) is 4.09. The second-order valence-electron chi connectivity index (χ2n) is 10.5. The highest BCUT2D eigenvalue weighted by Gasteiger charge is 2.24. The highest BCUT2D eigenvalue weighted by molar-refractivity contribution is 5.97. The Morgan fingerprint density at radius 3 is 2.05 bits per heavy atom. The summed E-state index contributed by atoms with van der Waals surface area (Å²) in [7, 11) is 0. The van der Waals surface area contributed by atoms with Gasteiger partial charge in [0, 0.05) is 31.9 Å². The number of piperidine rings is 1. The molecule has 0 atom stereocenters. The highest BCUT2D eigenvalue weighted by atomic mass is 16.2. The van der Waals surface area contributed by atoms with Crippen LogP contribution in [0.3, 0.4) is 0 Å². The van der Waals surface area contributed by atoms with Gasteiger partial charge in [-0.1, -0.05) is 73.7 Å². The van der Waals surface area contributed by atoms with Crippen LogP contribution in [0.4, 0.5) is 0 Å². The molecular formula is C33H40N4O3. The Balaban J connectivity index is 1.28. The lowest BCUT2D eigenvalue weighted by molar-refractivity contribution is -0.144. The number of hydrogen-bond acceptors (Lipinski definition) is 5. The molecule has 1 saturated heterocycles. The number of likely N-dealkylation sites (tertiary alicyclic amines) is 1. The van der Waals surface area contributed by atoms with Crippen LogP contribution in [0.25, 0.3) is 0 Å². The monoisotopic (exact) mass is 540 g/mol. The van der Waals surface area contributed by atoms with Gasteiger partial charge >= 0.3 is 0 Å². The molecule has 1 aliphatic heterocycles. The van der Waals surface area contributed by atoms with E-state index in [4.69, 9.17) is 0 Å². The molecule has 1 aromatic heterocycles. The van der Waals surface area contributed by atoms with Crippen LogP contribution in [0.15, 0.2) is 79.1 Å². The largest absolute Gasteiger partial charge is 0.352 e. The van der Waals surface area contributed by atoms with Gasteiger partial charge in [0.25, 0.3) is 0 Å². The predicted octanol–water partition coefficient (Wildman–Crippen LogP) is 4.52. The molecule has 0 bridgehead atoms. The van der Waals surface area contributed by atoms with Gasteiger partial charge in [-0.25, -0.2) is 0 Å². The number of benzene rings is 2. The predicted molar refractivity (Wildman–Crippen MR) is 156 cm³/mol. The third-order valence-corrected chi connectivity index (χ3v) is 7.54. The van der Waals surface area contributed by atoms with Crippen LogP contribution in [0.1, 0.15) is 60.8 Å². The summed E-state index contributed by atoms with van der Waals surface area (Å²) in [4.78, 5) is 46.3. The number of imide groups is 1. The maximum Gasteiger partial charge on any atom is 0.233 e. The van der Waals surface area contributed by atoms with Crippen molar-refractivity contribution in [3.8, 4) is 0 Å². The summed E-state index contributed by atoms with van der Waals surface area (Å²) in [6, 6.07) is 21.4. The smallest absolute Gasteiger partial charge is 0.233 e. The number of rotatable bonds is 12. The van der Waals surface area contributed by atoms with E-state index in [1.807, 2.05) is 80.0 Å². The van der Waals surface area contributed by atoms with E-state index in [0.717, 1.165) is 55.6 Å². The second kappa shape index (κ2) is 15.1. The third kappa shape index (κ3) is 8.85. The number of amides is 3. The number of carbonyl (C=O) groups excluding carboxylic acids is 3. The van der Waals surface area contributed by atoms with Crippen LogP contribution in [0, 0.1) is 0 Å². The van der Waals surface area contributed by atoms with Crippen LogP contribution >= 0.6 is 0 Å². The summed E-state index contributed by atoms with van der Waals surface area (Å²) < 4.78 is 0. The van der Waals surface area contributed by atoms with E-state index in [0.29, 0.717) is 25.4 Å². The Labute approximate surface area is 237 Å². The summed E-state index contributed by atoms with van der Waals surface area (Å²) in [5, 5.41) is 2.92. The lowest BCUT2D eigenvalue weighted by Gasteiger charge is -2.32. The molecule has 40 heavy (non-hydrogen) atoms. The number of aromatic nitrogens is 1. The maximum atomic E-state index is 13.2. The molecule has 210 valence electrons. The zero-order valence-corrected chi connectivity index (χ0v) is 23.4. The summed E-state index contributed by atoms with van der Waals surface area (Å²) in [5.74, 6) is 0.199. The Kier molecular flexibility index (Phi) is 11.0. The molecule has 1 N–H and O–H groups in total. The fourth-order valence-corrected chi connectivity index (χ4v) is 5.22. The summed E-state index contributed by atoms with van der Waals surface area (Å²) in [6.07, 6.45) is 7.51. The summed E-state index contributed by atoms with van der Waals surface area (Å²) in [6.45, 7) is 5.57. The van der Waals surface area contributed by atoms with Gasteiger partial charge in [0.15, 0.2) is 0 Å². The molecule has 7 nitrogen and oxygen atoms in total. The molecule has 0 unspecified atom stereocenters. The van der Waals surface area contributed by atoms with E-state index in [-0.39, 0.29) is 30.6 Å². The van der Waals surface area contributed by atoms with Crippen LogP contribution in [-0.4, -0.2) is 58.7 Å². The average molecular weight is 541 g/mol. The van der Waals surface area contributed by atoms with E-state index in [1.54, 1.807) is 0 Å². The molecule has 0 radical (unpaired) electrons. The van der Waals surface area contributed by atoms with Gasteiger partial charge in [0.2, 0.25) is 17.7 Å². The van der Waals surface area contributed by atoms with Gasteiger partial charge in [0.1, 0.15) is 0 Å². The normalized spacial score (nSPS) is 14.0. The molecule has 0 aliphatic carbocycles. The Morgan fingerprint density at radius 2 is 1.48 bits per heavy atom. The topological polar surface area (TPSA) is 82.6 Å². The van der Waals surface area contributed by atoms with Crippen molar-refractivity contribution in [1.82, 2.24) is 20.1 Å². The molecule has 7 heteroatoms. The first-order chi connectivity index (χ1) is 19.5. The number of pyridine rings is 1. The molecule has 2 heterocycles. The first-order valence-electron chi connectivity index (χ1n) is 14.4. The number of hydrogen-bond donors (Lipinski definition) is 1. The molecule has 0 spiro atoms. The first kappa shape index (κ1) is 29.2. The minimum atomic E-state index is -0.145. The van der Waals surface area contributed by atoms with Crippen molar-refractivity contribution in [1.29, 1.82) is 0 Å². The van der Waals surface area contributed by atoms with Crippen LogP contribution in [0.5, 0.6) is 0 Å². The van der Waals surface area contributed by atoms with Crippen molar-refractivity contribution in [2.75, 3.05) is 26.2 Å². The van der Waals surface area contributed by atoms with E-state index in [2.05, 4.69) is 21.3 Å². The molecule has 1 fully saturated rings. The van der Waals surface area contributed by atoms with Gasteiger partial charge in [-0.15, -0.1) is 0 Å². The van der Waals surface area contributed by atoms with Crippen molar-refractivity contribution < 1.29 is 14.4 Å². The van der Waals surface area contributed by atoms with Crippen LogP contribution in [0.2, 0.25) is 0 Å². The van der Waals surface area contributed by atoms with E-state index < -0.39 is 0 Å². The molecular weight excluding hydrogens is 500 g/mol. The summed E-state index contributed by atoms with van der Waals surface area (Å²) >= 11 is 0. The zero-order valence-electron chi connectivity index (χ0n) is 23.4. The number of nitrogens with zero attached hydrogens (tertiary/aromatic N) is 3. The quantitative estimate of drug-likeness (QED) is 0.365. The van der Waals surface area contributed by atoms with Gasteiger partial charge in [-0.05, 0) is 67.1 Å². The van der Waals surface area contributed by atoms with Crippen molar-refractivity contribution in [3.63, 3.8) is 0 Å². The van der Waals surface area contributed by atoms with Gasteiger partial charge in [-0.3, -0.25) is 24.3 Å². The SMILES string of the molecule is CCC(=O)NCc1cncc(C2CCN(CCCN(C(=O)Cc3ccccc3)C(=O)Cc3ccccc3)CC2)c1. The number of nitrogens with one attached hydrogen (secondary N) is 1. The first-order valence-corrected chi connectivity index (χ1v) is 14.4. The van der Waals surface area contributed by atoms with E-state index in [1.165, 1.54) is 10.5 Å². The maximum absolute atomic E-state index is 13.2. The van der Waals surface area contributed by atoms with Crippen LogP contribution in [-0.2, 0) is 33.8 Å². The molecule has 2 aromatic carbocycles. The Morgan fingerprint density at radius 1 is 0.875 bits per heavy atom. The third-order valence-electron chi connectivity index (χ3n) is 7.54. The fourth-order valence-electron chi connectivity index (χ4n) is 5.22. The fraction of sp³-hybridized carbons (Fsp3) is 0.394. The lowest BCUT2D eigenvalue weighted by Crippen LogP contribution is -2.41. The van der Waals surface area contributed by atoms with Crippen molar-refractivity contribution in [3.05, 3.63) is 101 Å². The zero-order chi connectivity index (χ0) is 28.2. The van der Waals surface area contributed by atoms with E-state index in [9.17, 15) is 14.4 Å². The molecule has 4 rings (SSSR count). The molecule has 1 aliphatic rings. The average Bonchev–Trinajstić information content (AvgIpc) is 2.99. The molecule has 3 aromatic rings. The molecule has 3 amide bonds. The number of carbonyl (C=O) groups is 3. The van der Waals surface area contributed by atoms with Gasteiger partial charge in [0.05, 0.1) is 12.8 Å². The van der Waals surface area contributed by atoms with Crippen molar-refractivity contribution in [2.24, 2.45) is 0 Å². The minimum absolute atomic E-state index is 0.0424. The van der Waals surface area contributed by atoms with Crippen molar-refractivity contribution >= 4 is 17.7 Å². The minimum Gasteiger partial charge on any atom is -0.352 e. The van der Waals surface area contributed by atoms with Crippen molar-refractivity contribution in [2.45, 2.75) is 57.9 Å². The second-order valence-corrected chi connectivity index (χ2v) is 10.5. The highest BCUT2D eigenvalue weighted by Crippen LogP contribution is 2.28. The standard InChI is InChI=1S/C33H40N4O3/c1-2-31(38)35-24-28-20-30(25-34-23-28)29-14-18-36(19-15-29)16-9-17-37(32(39)21-26-10-5-3-6-11-26)33(40)22-27-12-7-4-8-13-27/h3-8,10-13,20,23,25,29H,2,9,14-19,21-22,24H2,1H3,(H,35,38). The van der Waals surface area contributed by atoms with E-state index >= 15 is 0 Å². The lowest BCUT2D eigenvalue weighted by atomic mass is 9.90. The Hall–Kier alpha value is -3.84. The van der Waals surface area contributed by atoms with Gasteiger partial charge in [-0.2, -0.15) is 0 Å².